The van der Waals surface area contributed by atoms with Crippen molar-refractivity contribution in [3.05, 3.63) is 28.3 Å². The summed E-state index contributed by atoms with van der Waals surface area (Å²) in [5.41, 5.74) is 0.708. The summed E-state index contributed by atoms with van der Waals surface area (Å²) in [6, 6.07) is 5.07. The Morgan fingerprint density at radius 1 is 1.50 bits per heavy atom. The van der Waals surface area contributed by atoms with Gasteiger partial charge in [-0.1, -0.05) is 6.07 Å². The zero-order valence-electron chi connectivity index (χ0n) is 10.6. The van der Waals surface area contributed by atoms with E-state index in [4.69, 9.17) is 4.42 Å². The highest BCUT2D eigenvalue weighted by Crippen LogP contribution is 2.28. The number of nitrogens with zero attached hydrogens (tertiary/aromatic N) is 2. The Hall–Kier alpha value is -1.41. The highest BCUT2D eigenvalue weighted by atomic mass is 32.2. The van der Waals surface area contributed by atoms with Crippen molar-refractivity contribution in [1.82, 2.24) is 4.98 Å². The van der Waals surface area contributed by atoms with Gasteiger partial charge in [-0.05, 0) is 6.07 Å². The summed E-state index contributed by atoms with van der Waals surface area (Å²) in [6.45, 7) is 0.762. The van der Waals surface area contributed by atoms with Crippen LogP contribution in [0.25, 0.3) is 11.1 Å². The SMILES string of the molecule is O=[N+]([O-])c1cccc2oc(NCC3CSCCS3)nc12. The second-order valence-corrected chi connectivity index (χ2v) is 6.91. The molecule has 1 saturated heterocycles. The molecule has 0 spiro atoms. The molecular formula is C12H13N3O3S2. The Labute approximate surface area is 123 Å². The first-order valence-electron chi connectivity index (χ1n) is 6.21. The lowest BCUT2D eigenvalue weighted by Crippen LogP contribution is -2.23. The molecule has 20 heavy (non-hydrogen) atoms. The van der Waals surface area contributed by atoms with Gasteiger partial charge in [0.1, 0.15) is 0 Å². The van der Waals surface area contributed by atoms with Crippen LogP contribution >= 0.6 is 23.5 Å². The normalized spacial score (nSPS) is 19.1. The van der Waals surface area contributed by atoms with Gasteiger partial charge in [-0.15, -0.1) is 0 Å². The van der Waals surface area contributed by atoms with Crippen LogP contribution in [0, 0.1) is 10.1 Å². The second-order valence-electron chi connectivity index (χ2n) is 4.35. The molecule has 1 N–H and O–H groups in total. The average molecular weight is 311 g/mol. The van der Waals surface area contributed by atoms with Crippen molar-refractivity contribution >= 4 is 46.3 Å². The van der Waals surface area contributed by atoms with E-state index in [0.717, 1.165) is 18.1 Å². The minimum Gasteiger partial charge on any atom is -0.423 e. The molecule has 0 radical (unpaired) electrons. The number of rotatable bonds is 4. The first-order valence-corrected chi connectivity index (χ1v) is 8.41. The zero-order chi connectivity index (χ0) is 13.9. The summed E-state index contributed by atoms with van der Waals surface area (Å²) in [5.74, 6) is 3.48. The summed E-state index contributed by atoms with van der Waals surface area (Å²) in [7, 11) is 0. The lowest BCUT2D eigenvalue weighted by molar-refractivity contribution is -0.383. The number of hydrogen-bond acceptors (Lipinski definition) is 7. The molecule has 1 aliphatic rings. The molecule has 0 saturated carbocycles. The molecule has 6 nitrogen and oxygen atoms in total. The molecule has 1 aromatic carbocycles. The topological polar surface area (TPSA) is 81.2 Å². The molecule has 0 amide bonds. The number of hydrogen-bond donors (Lipinski definition) is 1. The molecule has 2 heterocycles. The number of nitrogens with one attached hydrogen (secondary N) is 1. The van der Waals surface area contributed by atoms with E-state index in [-0.39, 0.29) is 5.69 Å². The van der Waals surface area contributed by atoms with Crippen molar-refractivity contribution in [3.8, 4) is 0 Å². The van der Waals surface area contributed by atoms with Crippen LogP contribution in [0.15, 0.2) is 22.6 Å². The maximum absolute atomic E-state index is 10.9. The zero-order valence-corrected chi connectivity index (χ0v) is 12.2. The Balaban J connectivity index is 1.75. The largest absolute Gasteiger partial charge is 0.423 e. The minimum absolute atomic E-state index is 0.0260. The van der Waals surface area contributed by atoms with Gasteiger partial charge < -0.3 is 9.73 Å². The smallest absolute Gasteiger partial charge is 0.298 e. The van der Waals surface area contributed by atoms with Crippen LogP contribution in [0.2, 0.25) is 0 Å². The van der Waals surface area contributed by atoms with E-state index in [1.54, 1.807) is 12.1 Å². The van der Waals surface area contributed by atoms with Gasteiger partial charge >= 0.3 is 0 Å². The summed E-state index contributed by atoms with van der Waals surface area (Å²) in [4.78, 5) is 14.7. The number of thioether (sulfide) groups is 2. The average Bonchev–Trinajstić information content (AvgIpc) is 2.88. The quantitative estimate of drug-likeness (QED) is 0.686. The highest BCUT2D eigenvalue weighted by Gasteiger charge is 2.19. The van der Waals surface area contributed by atoms with E-state index in [1.807, 2.05) is 23.5 Å². The van der Waals surface area contributed by atoms with Crippen LogP contribution < -0.4 is 5.32 Å². The molecule has 3 rings (SSSR count). The minimum atomic E-state index is -0.442. The lowest BCUT2D eigenvalue weighted by Gasteiger charge is -2.20. The second kappa shape index (κ2) is 5.92. The predicted octanol–water partition coefficient (Wildman–Crippen LogP) is 3.00. The van der Waals surface area contributed by atoms with Gasteiger partial charge in [0.25, 0.3) is 11.7 Å². The monoisotopic (exact) mass is 311 g/mol. The first-order chi connectivity index (χ1) is 9.74. The van der Waals surface area contributed by atoms with Crippen molar-refractivity contribution < 1.29 is 9.34 Å². The molecular weight excluding hydrogens is 298 g/mol. The van der Waals surface area contributed by atoms with Crippen LogP contribution in [-0.2, 0) is 0 Å². The summed E-state index contributed by atoms with van der Waals surface area (Å²) in [6.07, 6.45) is 0. The van der Waals surface area contributed by atoms with E-state index in [9.17, 15) is 10.1 Å². The van der Waals surface area contributed by atoms with Crippen molar-refractivity contribution in [2.75, 3.05) is 29.1 Å². The van der Waals surface area contributed by atoms with Crippen LogP contribution in [0.5, 0.6) is 0 Å². The molecule has 8 heteroatoms. The van der Waals surface area contributed by atoms with E-state index in [1.165, 1.54) is 11.8 Å². The maximum Gasteiger partial charge on any atom is 0.298 e. The predicted molar refractivity (Wildman–Crippen MR) is 82.7 cm³/mol. The van der Waals surface area contributed by atoms with Gasteiger partial charge in [-0.2, -0.15) is 28.5 Å². The van der Waals surface area contributed by atoms with E-state index < -0.39 is 4.92 Å². The maximum atomic E-state index is 10.9. The molecule has 2 aromatic rings. The molecule has 1 fully saturated rings. The van der Waals surface area contributed by atoms with Crippen LogP contribution in [0.3, 0.4) is 0 Å². The van der Waals surface area contributed by atoms with Gasteiger partial charge in [0.15, 0.2) is 11.1 Å². The molecule has 106 valence electrons. The summed E-state index contributed by atoms with van der Waals surface area (Å²) < 4.78 is 5.51. The van der Waals surface area contributed by atoms with Crippen LogP contribution in [-0.4, -0.2) is 39.0 Å². The van der Waals surface area contributed by atoms with Crippen LogP contribution in [0.1, 0.15) is 0 Å². The number of aromatic nitrogens is 1. The van der Waals surface area contributed by atoms with E-state index in [2.05, 4.69) is 10.3 Å². The number of nitro groups is 1. The number of oxazole rings is 1. The molecule has 1 aliphatic heterocycles. The first kappa shape index (κ1) is 13.6. The summed E-state index contributed by atoms with van der Waals surface area (Å²) in [5, 5.41) is 14.6. The number of benzene rings is 1. The standard InChI is InChI=1S/C12H13N3O3S2/c16-15(17)9-2-1-3-10-11(9)14-12(18-10)13-6-8-7-19-4-5-20-8/h1-3,8H,4-7H2,(H,13,14). The number of fused-ring (bicyclic) bond motifs is 1. The number of para-hydroxylation sites is 1. The van der Waals surface area contributed by atoms with Gasteiger partial charge in [0, 0.05) is 35.1 Å². The molecule has 0 bridgehead atoms. The molecule has 1 unspecified atom stereocenters. The third-order valence-electron chi connectivity index (χ3n) is 2.96. The Morgan fingerprint density at radius 3 is 3.15 bits per heavy atom. The van der Waals surface area contributed by atoms with Gasteiger partial charge in [0.2, 0.25) is 0 Å². The number of nitro benzene ring substituents is 1. The van der Waals surface area contributed by atoms with Crippen molar-refractivity contribution in [2.24, 2.45) is 0 Å². The number of non-ortho nitro benzene ring substituents is 1. The Kier molecular flexibility index (Phi) is 4.02. The van der Waals surface area contributed by atoms with Gasteiger partial charge in [0.05, 0.1) is 4.92 Å². The van der Waals surface area contributed by atoms with E-state index in [0.29, 0.717) is 22.4 Å². The molecule has 1 aromatic heterocycles. The van der Waals surface area contributed by atoms with E-state index >= 15 is 0 Å². The Bertz CT molecular complexity index is 625. The summed E-state index contributed by atoms with van der Waals surface area (Å²) >= 11 is 3.88. The molecule has 0 aliphatic carbocycles. The van der Waals surface area contributed by atoms with Crippen molar-refractivity contribution in [1.29, 1.82) is 0 Å². The van der Waals surface area contributed by atoms with Crippen LogP contribution in [0.4, 0.5) is 11.7 Å². The fraction of sp³-hybridized carbons (Fsp3) is 0.417. The lowest BCUT2D eigenvalue weighted by atomic mass is 10.3. The van der Waals surface area contributed by atoms with Gasteiger partial charge in [-0.3, -0.25) is 10.1 Å². The fourth-order valence-electron chi connectivity index (χ4n) is 2.01. The third-order valence-corrected chi connectivity index (χ3v) is 5.81. The van der Waals surface area contributed by atoms with Crippen molar-refractivity contribution in [3.63, 3.8) is 0 Å². The van der Waals surface area contributed by atoms with Gasteiger partial charge in [-0.25, -0.2) is 0 Å². The van der Waals surface area contributed by atoms with Crippen molar-refractivity contribution in [2.45, 2.75) is 5.25 Å². The number of anilines is 1. The molecule has 1 atom stereocenters. The fourth-order valence-corrected chi connectivity index (χ4v) is 4.62. The Morgan fingerprint density at radius 2 is 2.40 bits per heavy atom. The third kappa shape index (κ3) is 2.85. The highest BCUT2D eigenvalue weighted by molar-refractivity contribution is 8.06.